The summed E-state index contributed by atoms with van der Waals surface area (Å²) in [5, 5.41) is 10.9. The molecule has 8 heteroatoms. The maximum Gasteiger partial charge on any atom is 0.257 e. The number of imide groups is 1. The van der Waals surface area contributed by atoms with Gasteiger partial charge in [0.15, 0.2) is 0 Å². The van der Waals surface area contributed by atoms with Gasteiger partial charge < -0.3 is 14.7 Å². The Kier molecular flexibility index (Phi) is 12.9. The molecule has 0 spiro atoms. The van der Waals surface area contributed by atoms with E-state index in [1.54, 1.807) is 24.4 Å². The molecule has 0 fully saturated rings. The Morgan fingerprint density at radius 2 is 1.91 bits per heavy atom. The van der Waals surface area contributed by atoms with E-state index in [1.165, 1.54) is 18.1 Å². The zero-order chi connectivity index (χ0) is 26.0. The minimum atomic E-state index is -0.892. The van der Waals surface area contributed by atoms with Gasteiger partial charge in [-0.2, -0.15) is 0 Å². The maximum atomic E-state index is 13.2. The molecule has 194 valence electrons. The summed E-state index contributed by atoms with van der Waals surface area (Å²) in [6.45, 7) is 10.2. The van der Waals surface area contributed by atoms with E-state index < -0.39 is 24.0 Å². The molecular weight excluding hydrogens is 456 g/mol. The normalized spacial score (nSPS) is 19.2. The third kappa shape index (κ3) is 8.42. The Bertz CT molecular complexity index is 764. The first-order valence-electron chi connectivity index (χ1n) is 12.3. The quantitative estimate of drug-likeness (QED) is 0.381. The van der Waals surface area contributed by atoms with Gasteiger partial charge >= 0.3 is 0 Å². The molecule has 1 aliphatic rings. The lowest BCUT2D eigenvalue weighted by Crippen LogP contribution is -2.47. The summed E-state index contributed by atoms with van der Waals surface area (Å²) in [6, 6.07) is -0.432. The lowest BCUT2D eigenvalue weighted by molar-refractivity contribution is -0.149. The number of hydrogen-bond donors (Lipinski definition) is 1. The highest BCUT2D eigenvalue weighted by Crippen LogP contribution is 2.30. The van der Waals surface area contributed by atoms with Gasteiger partial charge in [0, 0.05) is 31.6 Å². The highest BCUT2D eigenvalue weighted by molar-refractivity contribution is 6.25. The van der Waals surface area contributed by atoms with Crippen LogP contribution in [0.5, 0.6) is 0 Å². The number of carbonyl (C=O) groups is 3. The summed E-state index contributed by atoms with van der Waals surface area (Å²) in [5.74, 6) is -0.782. The molecule has 4 atom stereocenters. The molecule has 3 amide bonds. The average Bonchev–Trinajstić information content (AvgIpc) is 3.12. The second kappa shape index (κ2) is 14.5. The number of amides is 3. The van der Waals surface area contributed by atoms with Gasteiger partial charge in [-0.3, -0.25) is 19.3 Å². The third-order valence-corrected chi connectivity index (χ3v) is 6.90. The van der Waals surface area contributed by atoms with Crippen LogP contribution in [0.2, 0.25) is 0 Å². The topological polar surface area (TPSA) is 87.2 Å². The molecule has 0 aromatic heterocycles. The van der Waals surface area contributed by atoms with Crippen molar-refractivity contribution in [1.82, 2.24) is 9.80 Å². The fourth-order valence-electron chi connectivity index (χ4n) is 4.31. The molecule has 0 saturated heterocycles. The predicted molar refractivity (Wildman–Crippen MR) is 135 cm³/mol. The van der Waals surface area contributed by atoms with E-state index in [0.717, 1.165) is 18.4 Å². The Morgan fingerprint density at radius 1 is 1.26 bits per heavy atom. The first kappa shape index (κ1) is 30.2. The van der Waals surface area contributed by atoms with E-state index in [9.17, 15) is 19.5 Å². The molecule has 0 saturated carbocycles. The van der Waals surface area contributed by atoms with Gasteiger partial charge in [0.05, 0.1) is 25.2 Å². The van der Waals surface area contributed by atoms with Crippen LogP contribution >= 0.6 is 11.6 Å². The van der Waals surface area contributed by atoms with Crippen LogP contribution in [0.25, 0.3) is 0 Å². The first-order chi connectivity index (χ1) is 16.0. The molecule has 4 unspecified atom stereocenters. The number of hydrogen-bond acceptors (Lipinski definition) is 5. The summed E-state index contributed by atoms with van der Waals surface area (Å²) < 4.78 is 5.35. The maximum absolute atomic E-state index is 13.2. The molecule has 1 aliphatic heterocycles. The Balaban J connectivity index is 2.67. The molecule has 1 heterocycles. The SMILES string of the molecule is CCC(=O)N(C)CCC/C(=C\Cl)CCC(C)C(O)C(C)C(=O)N1C(=O)C=C(OC)C1CC(C)C. The largest absolute Gasteiger partial charge is 0.499 e. The van der Waals surface area contributed by atoms with Crippen LogP contribution < -0.4 is 0 Å². The standard InChI is InChI=1S/C26H43ClN2O5/c1-8-23(30)28(6)13-9-10-20(16-27)12-11-18(4)25(32)19(5)26(33)29-21(14-17(2)3)22(34-7)15-24(29)31/h15-19,21,25,32H,8-14H2,1-7H3/b20-16+. The summed E-state index contributed by atoms with van der Waals surface area (Å²) in [4.78, 5) is 40.4. The zero-order valence-electron chi connectivity index (χ0n) is 21.8. The van der Waals surface area contributed by atoms with Crippen molar-refractivity contribution in [1.29, 1.82) is 0 Å². The summed E-state index contributed by atoms with van der Waals surface area (Å²) in [5.41, 5.74) is 2.63. The average molecular weight is 499 g/mol. The number of rotatable bonds is 14. The number of nitrogens with zero attached hydrogens (tertiary/aromatic N) is 2. The molecule has 1 rings (SSSR count). The van der Waals surface area contributed by atoms with Gasteiger partial charge in [0.25, 0.3) is 5.91 Å². The lowest BCUT2D eigenvalue weighted by Gasteiger charge is -2.31. The number of carbonyl (C=O) groups excluding carboxylic acids is 3. The zero-order valence-corrected chi connectivity index (χ0v) is 22.6. The summed E-state index contributed by atoms with van der Waals surface area (Å²) in [6.07, 6.45) is 4.52. The number of aliphatic hydroxyl groups excluding tert-OH is 1. The van der Waals surface area contributed by atoms with Crippen molar-refractivity contribution in [3.63, 3.8) is 0 Å². The highest BCUT2D eigenvalue weighted by atomic mass is 35.5. The second-order valence-electron chi connectivity index (χ2n) is 9.78. The van der Waals surface area contributed by atoms with Gasteiger partial charge in [-0.15, -0.1) is 0 Å². The van der Waals surface area contributed by atoms with Gasteiger partial charge in [0.1, 0.15) is 5.76 Å². The summed E-state index contributed by atoms with van der Waals surface area (Å²) in [7, 11) is 3.30. The fourth-order valence-corrected chi connectivity index (χ4v) is 4.53. The van der Waals surface area contributed by atoms with Crippen LogP contribution in [0.3, 0.4) is 0 Å². The fraction of sp³-hybridized carbons (Fsp3) is 0.731. The summed E-state index contributed by atoms with van der Waals surface area (Å²) >= 11 is 6.01. The Hall–Kier alpha value is -1.86. The molecule has 7 nitrogen and oxygen atoms in total. The molecule has 0 radical (unpaired) electrons. The lowest BCUT2D eigenvalue weighted by atomic mass is 9.87. The van der Waals surface area contributed by atoms with Crippen LogP contribution in [-0.2, 0) is 19.1 Å². The number of aliphatic hydroxyl groups is 1. The van der Waals surface area contributed by atoms with Crippen molar-refractivity contribution in [3.05, 3.63) is 22.9 Å². The molecule has 0 aliphatic carbocycles. The number of halogens is 1. The molecule has 0 bridgehead atoms. The van der Waals surface area contributed by atoms with E-state index in [2.05, 4.69) is 0 Å². The van der Waals surface area contributed by atoms with Crippen molar-refractivity contribution in [2.24, 2.45) is 17.8 Å². The van der Waals surface area contributed by atoms with Crippen molar-refractivity contribution in [3.8, 4) is 0 Å². The van der Waals surface area contributed by atoms with E-state index in [4.69, 9.17) is 16.3 Å². The minimum absolute atomic E-state index is 0.117. The smallest absolute Gasteiger partial charge is 0.257 e. The van der Waals surface area contributed by atoms with Crippen molar-refractivity contribution in [2.75, 3.05) is 20.7 Å². The monoisotopic (exact) mass is 498 g/mol. The van der Waals surface area contributed by atoms with Crippen molar-refractivity contribution in [2.45, 2.75) is 85.3 Å². The van der Waals surface area contributed by atoms with Crippen LogP contribution in [0.1, 0.15) is 73.1 Å². The van der Waals surface area contributed by atoms with E-state index in [0.29, 0.717) is 38.0 Å². The van der Waals surface area contributed by atoms with Crippen LogP contribution in [-0.4, -0.2) is 65.5 Å². The van der Waals surface area contributed by atoms with Crippen molar-refractivity contribution < 1.29 is 24.2 Å². The molecule has 0 aromatic carbocycles. The van der Waals surface area contributed by atoms with Crippen LogP contribution in [0.15, 0.2) is 22.9 Å². The molecular formula is C26H43ClN2O5. The third-order valence-electron chi connectivity index (χ3n) is 6.59. The van der Waals surface area contributed by atoms with Crippen LogP contribution in [0.4, 0.5) is 0 Å². The predicted octanol–water partition coefficient (Wildman–Crippen LogP) is 4.48. The van der Waals surface area contributed by atoms with E-state index in [1.807, 2.05) is 27.7 Å². The highest BCUT2D eigenvalue weighted by Gasteiger charge is 2.42. The number of methoxy groups -OCH3 is 1. The van der Waals surface area contributed by atoms with E-state index in [-0.39, 0.29) is 23.7 Å². The molecule has 34 heavy (non-hydrogen) atoms. The van der Waals surface area contributed by atoms with Gasteiger partial charge in [-0.1, -0.05) is 51.8 Å². The minimum Gasteiger partial charge on any atom is -0.499 e. The first-order valence-corrected chi connectivity index (χ1v) is 12.7. The second-order valence-corrected chi connectivity index (χ2v) is 10.00. The molecule has 1 N–H and O–H groups in total. The van der Waals surface area contributed by atoms with E-state index >= 15 is 0 Å². The Morgan fingerprint density at radius 3 is 2.44 bits per heavy atom. The van der Waals surface area contributed by atoms with Gasteiger partial charge in [-0.25, -0.2) is 0 Å². The van der Waals surface area contributed by atoms with Gasteiger partial charge in [-0.05, 0) is 43.9 Å². The van der Waals surface area contributed by atoms with Crippen LogP contribution in [0, 0.1) is 17.8 Å². The number of ether oxygens (including phenoxy) is 1. The molecule has 0 aromatic rings. The Labute approximate surface area is 210 Å². The number of allylic oxidation sites excluding steroid dienone is 1. The van der Waals surface area contributed by atoms with Crippen molar-refractivity contribution >= 4 is 29.3 Å². The van der Waals surface area contributed by atoms with Gasteiger partial charge in [0.2, 0.25) is 11.8 Å².